The van der Waals surface area contributed by atoms with Crippen LogP contribution in [-0.4, -0.2) is 9.97 Å². The summed E-state index contributed by atoms with van der Waals surface area (Å²) in [7, 11) is 0. The lowest BCUT2D eigenvalue weighted by molar-refractivity contribution is 1.08. The van der Waals surface area contributed by atoms with Gasteiger partial charge in [0.05, 0.1) is 10.9 Å². The van der Waals surface area contributed by atoms with E-state index in [0.717, 1.165) is 10.8 Å². The van der Waals surface area contributed by atoms with Crippen molar-refractivity contribution in [1.82, 2.24) is 9.97 Å². The van der Waals surface area contributed by atoms with E-state index in [9.17, 15) is 9.59 Å². The van der Waals surface area contributed by atoms with Crippen LogP contribution < -0.4 is 11.2 Å². The van der Waals surface area contributed by atoms with Crippen LogP contribution >= 0.6 is 0 Å². The van der Waals surface area contributed by atoms with Gasteiger partial charge < -0.3 is 4.98 Å². The molecule has 2 N–H and O–H groups in total. The number of fused-ring (bicyclic) bond motifs is 2. The Hall–Kier alpha value is -2.36. The molecular weight excluding hydrogens is 228 g/mol. The lowest BCUT2D eigenvalue weighted by Crippen LogP contribution is -2.21. The van der Waals surface area contributed by atoms with Crippen LogP contribution in [0, 0.1) is 13.8 Å². The maximum atomic E-state index is 11.7. The van der Waals surface area contributed by atoms with Gasteiger partial charge in [0.25, 0.3) is 5.56 Å². The zero-order chi connectivity index (χ0) is 12.9. The number of hydrogen-bond acceptors (Lipinski definition) is 2. The average Bonchev–Trinajstić information content (AvgIpc) is 2.29. The van der Waals surface area contributed by atoms with E-state index in [1.165, 1.54) is 11.1 Å². The molecule has 0 spiro atoms. The van der Waals surface area contributed by atoms with E-state index in [4.69, 9.17) is 0 Å². The predicted octanol–water partition coefficient (Wildman–Crippen LogP) is 1.99. The van der Waals surface area contributed by atoms with Crippen LogP contribution in [0.3, 0.4) is 0 Å². The smallest absolute Gasteiger partial charge is 0.307 e. The number of aromatic amines is 2. The highest BCUT2D eigenvalue weighted by Crippen LogP contribution is 2.22. The quantitative estimate of drug-likeness (QED) is 0.590. The third kappa shape index (κ3) is 1.54. The Kier molecular flexibility index (Phi) is 2.13. The lowest BCUT2D eigenvalue weighted by Gasteiger charge is -2.05. The molecule has 0 amide bonds. The van der Waals surface area contributed by atoms with Crippen molar-refractivity contribution >= 4 is 21.7 Å². The number of H-pyrrole nitrogens is 2. The molecule has 3 aromatic rings. The summed E-state index contributed by atoms with van der Waals surface area (Å²) in [6, 6.07) is 7.76. The van der Waals surface area contributed by atoms with Crippen LogP contribution in [0.5, 0.6) is 0 Å². The van der Waals surface area contributed by atoms with Crippen molar-refractivity contribution in [2.45, 2.75) is 13.8 Å². The fourth-order valence-corrected chi connectivity index (χ4v) is 2.19. The summed E-state index contributed by atoms with van der Waals surface area (Å²) in [5.74, 6) is 0. The lowest BCUT2D eigenvalue weighted by atomic mass is 10.0. The van der Waals surface area contributed by atoms with Crippen LogP contribution in [-0.2, 0) is 0 Å². The number of hydrogen-bond donors (Lipinski definition) is 2. The van der Waals surface area contributed by atoms with Gasteiger partial charge in [0.2, 0.25) is 0 Å². The highest BCUT2D eigenvalue weighted by molar-refractivity contribution is 5.96. The first kappa shape index (κ1) is 10.8. The largest absolute Gasteiger partial charge is 0.326 e. The van der Waals surface area contributed by atoms with Crippen LogP contribution in [0.1, 0.15) is 11.1 Å². The first-order chi connectivity index (χ1) is 8.54. The van der Waals surface area contributed by atoms with Crippen molar-refractivity contribution in [3.05, 3.63) is 56.2 Å². The number of aromatic nitrogens is 2. The van der Waals surface area contributed by atoms with E-state index >= 15 is 0 Å². The van der Waals surface area contributed by atoms with E-state index in [1.54, 1.807) is 0 Å². The Morgan fingerprint density at radius 1 is 0.833 bits per heavy atom. The summed E-state index contributed by atoms with van der Waals surface area (Å²) in [6.45, 7) is 4.08. The van der Waals surface area contributed by atoms with Crippen molar-refractivity contribution in [3.63, 3.8) is 0 Å². The fraction of sp³-hybridized carbons (Fsp3) is 0.143. The minimum Gasteiger partial charge on any atom is -0.307 e. The molecule has 0 radical (unpaired) electrons. The van der Waals surface area contributed by atoms with Crippen molar-refractivity contribution in [2.75, 3.05) is 0 Å². The Bertz CT molecular complexity index is 888. The van der Waals surface area contributed by atoms with Crippen molar-refractivity contribution < 1.29 is 0 Å². The van der Waals surface area contributed by atoms with Crippen LogP contribution in [0.2, 0.25) is 0 Å². The summed E-state index contributed by atoms with van der Waals surface area (Å²) in [4.78, 5) is 27.9. The molecule has 0 atom stereocenters. The zero-order valence-electron chi connectivity index (χ0n) is 10.1. The fourth-order valence-electron chi connectivity index (χ4n) is 2.19. The maximum absolute atomic E-state index is 11.7. The van der Waals surface area contributed by atoms with Crippen molar-refractivity contribution in [3.8, 4) is 0 Å². The van der Waals surface area contributed by atoms with Gasteiger partial charge >= 0.3 is 5.69 Å². The molecule has 0 aliphatic rings. The van der Waals surface area contributed by atoms with Gasteiger partial charge in [-0.1, -0.05) is 12.1 Å². The monoisotopic (exact) mass is 240 g/mol. The van der Waals surface area contributed by atoms with E-state index in [2.05, 4.69) is 22.1 Å². The molecule has 4 heteroatoms. The van der Waals surface area contributed by atoms with Gasteiger partial charge in [-0.2, -0.15) is 0 Å². The average molecular weight is 240 g/mol. The highest BCUT2D eigenvalue weighted by Gasteiger charge is 2.04. The topological polar surface area (TPSA) is 65.7 Å². The molecule has 4 nitrogen and oxygen atoms in total. The van der Waals surface area contributed by atoms with E-state index in [0.29, 0.717) is 10.9 Å². The number of aryl methyl sites for hydroxylation is 2. The van der Waals surface area contributed by atoms with Crippen LogP contribution in [0.4, 0.5) is 0 Å². The highest BCUT2D eigenvalue weighted by atomic mass is 16.2. The molecule has 0 bridgehead atoms. The summed E-state index contributed by atoms with van der Waals surface area (Å²) in [5.41, 5.74) is 2.11. The Labute approximate surface area is 102 Å². The second kappa shape index (κ2) is 3.57. The van der Waals surface area contributed by atoms with Gasteiger partial charge in [-0.3, -0.25) is 9.78 Å². The SMILES string of the molecule is Cc1cc2cc3[nH]c(=O)[nH]c(=O)c3cc2cc1C. The summed E-state index contributed by atoms with van der Waals surface area (Å²) in [5, 5.41) is 2.53. The minimum absolute atomic E-state index is 0.353. The van der Waals surface area contributed by atoms with Crippen LogP contribution in [0.15, 0.2) is 33.9 Å². The van der Waals surface area contributed by atoms with Gasteiger partial charge in [-0.05, 0) is 47.9 Å². The first-order valence-electron chi connectivity index (χ1n) is 5.72. The summed E-state index contributed by atoms with van der Waals surface area (Å²) in [6.07, 6.45) is 0. The molecule has 0 saturated heterocycles. The molecule has 3 rings (SSSR count). The predicted molar refractivity (Wildman–Crippen MR) is 72.2 cm³/mol. The van der Waals surface area contributed by atoms with Gasteiger partial charge in [0.1, 0.15) is 0 Å². The van der Waals surface area contributed by atoms with Crippen molar-refractivity contribution in [1.29, 1.82) is 0 Å². The summed E-state index contributed by atoms with van der Waals surface area (Å²) >= 11 is 0. The first-order valence-corrected chi connectivity index (χ1v) is 5.72. The molecule has 18 heavy (non-hydrogen) atoms. The second-order valence-electron chi connectivity index (χ2n) is 4.59. The standard InChI is InChI=1S/C14H12N2O2/c1-7-3-9-5-11-12(6-10(9)4-8(7)2)15-14(18)16-13(11)17/h3-6H,1-2H3,(H2,15,16,17,18). The normalized spacial score (nSPS) is 11.2. The zero-order valence-corrected chi connectivity index (χ0v) is 10.1. The molecule has 1 aromatic heterocycles. The molecule has 0 unspecified atom stereocenters. The number of nitrogens with one attached hydrogen (secondary N) is 2. The molecule has 0 fully saturated rings. The van der Waals surface area contributed by atoms with E-state index < -0.39 is 5.69 Å². The van der Waals surface area contributed by atoms with E-state index in [1.807, 2.05) is 26.0 Å². The molecule has 1 heterocycles. The molecule has 2 aromatic carbocycles. The molecule has 0 aliphatic heterocycles. The third-order valence-corrected chi connectivity index (χ3v) is 3.31. The molecule has 0 saturated carbocycles. The molecular formula is C14H12N2O2. The Morgan fingerprint density at radius 2 is 1.44 bits per heavy atom. The second-order valence-corrected chi connectivity index (χ2v) is 4.59. The Morgan fingerprint density at radius 3 is 2.11 bits per heavy atom. The molecule has 90 valence electrons. The number of benzene rings is 2. The number of rotatable bonds is 0. The van der Waals surface area contributed by atoms with Gasteiger partial charge in [-0.25, -0.2) is 4.79 Å². The maximum Gasteiger partial charge on any atom is 0.326 e. The minimum atomic E-state index is -0.476. The molecule has 0 aliphatic carbocycles. The third-order valence-electron chi connectivity index (χ3n) is 3.31. The van der Waals surface area contributed by atoms with Gasteiger partial charge in [0, 0.05) is 0 Å². The van der Waals surface area contributed by atoms with E-state index in [-0.39, 0.29) is 5.56 Å². The van der Waals surface area contributed by atoms with Gasteiger partial charge in [-0.15, -0.1) is 0 Å². The van der Waals surface area contributed by atoms with Crippen LogP contribution in [0.25, 0.3) is 21.7 Å². The van der Waals surface area contributed by atoms with Crippen molar-refractivity contribution in [2.24, 2.45) is 0 Å². The summed E-state index contributed by atoms with van der Waals surface area (Å²) < 4.78 is 0. The van der Waals surface area contributed by atoms with Gasteiger partial charge in [0.15, 0.2) is 0 Å². The Balaban J connectivity index is 2.55.